The summed E-state index contributed by atoms with van der Waals surface area (Å²) in [5, 5.41) is 13.6. The third-order valence-electron chi connectivity index (χ3n) is 5.45. The number of oxime groups is 1. The maximum absolute atomic E-state index is 9.69. The largest absolute Gasteiger partial charge is 0.493 e. The molecular weight excluding hydrogens is 475 g/mol. The van der Waals surface area contributed by atoms with E-state index in [-0.39, 0.29) is 22.3 Å². The van der Waals surface area contributed by atoms with Gasteiger partial charge in [0.15, 0.2) is 11.5 Å². The first-order valence-electron chi connectivity index (χ1n) is 10.9. The smallest absolute Gasteiger partial charge is 0.262 e. The van der Waals surface area contributed by atoms with Crippen LogP contribution in [0.4, 0.5) is 0 Å². The van der Waals surface area contributed by atoms with Gasteiger partial charge in [0, 0.05) is 11.1 Å². The molecule has 0 radical (unpaired) electrons. The molecule has 0 aliphatic heterocycles. The Kier molecular flexibility index (Phi) is 7.93. The van der Waals surface area contributed by atoms with Crippen molar-refractivity contribution in [2.75, 3.05) is 7.11 Å². The van der Waals surface area contributed by atoms with Crippen molar-refractivity contribution in [2.24, 2.45) is 5.16 Å². The van der Waals surface area contributed by atoms with E-state index in [0.29, 0.717) is 33.9 Å². The van der Waals surface area contributed by atoms with Crippen molar-refractivity contribution >= 4 is 40.9 Å². The van der Waals surface area contributed by atoms with Gasteiger partial charge in [-0.2, -0.15) is 0 Å². The van der Waals surface area contributed by atoms with Crippen LogP contribution >= 0.6 is 23.2 Å². The van der Waals surface area contributed by atoms with E-state index in [1.165, 1.54) is 0 Å². The lowest BCUT2D eigenvalue weighted by Crippen LogP contribution is -2.12. The van der Waals surface area contributed by atoms with Gasteiger partial charge in [-0.15, -0.1) is 0 Å². The lowest BCUT2D eigenvalue weighted by Gasteiger charge is -2.18. The maximum atomic E-state index is 9.69. The number of benzene rings is 2. The third-order valence-corrected chi connectivity index (χ3v) is 5.83. The molecule has 0 unspecified atom stereocenters. The predicted octanol–water partition coefficient (Wildman–Crippen LogP) is 7.07. The summed E-state index contributed by atoms with van der Waals surface area (Å²) in [7, 11) is 1.61. The number of hydrogen-bond donors (Lipinski definition) is 1. The van der Waals surface area contributed by atoms with Crippen LogP contribution in [0.2, 0.25) is 10.3 Å². The maximum Gasteiger partial charge on any atom is 0.262 e. The molecule has 1 N–H and O–H groups in total. The molecule has 0 atom stereocenters. The monoisotopic (exact) mass is 498 g/mol. The zero-order valence-corrected chi connectivity index (χ0v) is 20.1. The van der Waals surface area contributed by atoms with E-state index in [0.717, 1.165) is 25.7 Å². The molecule has 0 bridgehead atoms. The number of ether oxygens (including phenoxy) is 3. The number of methoxy groups -OCH3 is 1. The highest BCUT2D eigenvalue weighted by Crippen LogP contribution is 2.35. The number of halogens is 2. The lowest BCUT2D eigenvalue weighted by atomic mass is 10.1. The topological polar surface area (TPSA) is 73.2 Å². The van der Waals surface area contributed by atoms with Gasteiger partial charge >= 0.3 is 0 Å². The molecule has 1 aliphatic carbocycles. The molecule has 1 fully saturated rings. The molecule has 1 saturated carbocycles. The van der Waals surface area contributed by atoms with E-state index in [9.17, 15) is 5.21 Å². The minimum absolute atomic E-state index is 0.0344. The Bertz CT molecular complexity index is 1170. The van der Waals surface area contributed by atoms with Gasteiger partial charge < -0.3 is 19.4 Å². The highest BCUT2D eigenvalue weighted by Gasteiger charge is 2.20. The fourth-order valence-electron chi connectivity index (χ4n) is 3.82. The Morgan fingerprint density at radius 1 is 0.971 bits per heavy atom. The summed E-state index contributed by atoms with van der Waals surface area (Å²) >= 11 is 12.2. The number of aromatic nitrogens is 1. The molecule has 0 saturated heterocycles. The second kappa shape index (κ2) is 11.3. The number of rotatable bonds is 7. The summed E-state index contributed by atoms with van der Waals surface area (Å²) < 4.78 is 17.9. The molecule has 176 valence electrons. The minimum Gasteiger partial charge on any atom is -0.493 e. The molecule has 6 nitrogen and oxygen atoms in total. The highest BCUT2D eigenvalue weighted by molar-refractivity contribution is 6.32. The first-order valence-corrected chi connectivity index (χ1v) is 11.7. The van der Waals surface area contributed by atoms with Crippen LogP contribution in [-0.4, -0.2) is 29.3 Å². The molecule has 2 aromatic carbocycles. The fourth-order valence-corrected chi connectivity index (χ4v) is 4.30. The summed E-state index contributed by atoms with van der Waals surface area (Å²) in [6.07, 6.45) is 6.21. The fraction of sp³-hybridized carbons (Fsp3) is 0.231. The quantitative estimate of drug-likeness (QED) is 0.0940. The molecule has 4 rings (SSSR count). The minimum atomic E-state index is 0.0344. The van der Waals surface area contributed by atoms with Crippen LogP contribution in [0.3, 0.4) is 0 Å². The summed E-state index contributed by atoms with van der Waals surface area (Å²) in [5.74, 6) is 1.68. The first kappa shape index (κ1) is 23.9. The van der Waals surface area contributed by atoms with Gasteiger partial charge in [-0.3, -0.25) is 0 Å². The van der Waals surface area contributed by atoms with Crippen LogP contribution in [0.5, 0.6) is 11.5 Å². The predicted molar refractivity (Wildman–Crippen MR) is 134 cm³/mol. The van der Waals surface area contributed by atoms with Gasteiger partial charge in [-0.05, 0) is 84.9 Å². The Balaban J connectivity index is 1.76. The molecule has 1 heterocycles. The SMILES string of the molecule is COc1ccc(C(=Cc2cc(Cl)nc(Cl)c2)OC(=NO)c2ccccc2)cc1OC1CCCC1. The Labute approximate surface area is 208 Å². The molecule has 8 heteroatoms. The summed E-state index contributed by atoms with van der Waals surface area (Å²) in [6.45, 7) is 0. The van der Waals surface area contributed by atoms with Crippen molar-refractivity contribution in [1.29, 1.82) is 0 Å². The first-order chi connectivity index (χ1) is 16.6. The Hall–Kier alpha value is -3.22. The second-order valence-corrected chi connectivity index (χ2v) is 8.59. The zero-order chi connectivity index (χ0) is 23.9. The lowest BCUT2D eigenvalue weighted by molar-refractivity contribution is 0.200. The van der Waals surface area contributed by atoms with Gasteiger partial charge in [-0.25, -0.2) is 4.98 Å². The average Bonchev–Trinajstić information content (AvgIpc) is 3.35. The van der Waals surface area contributed by atoms with Gasteiger partial charge in [0.05, 0.1) is 13.2 Å². The molecule has 34 heavy (non-hydrogen) atoms. The van der Waals surface area contributed by atoms with E-state index in [2.05, 4.69) is 10.1 Å². The van der Waals surface area contributed by atoms with E-state index in [1.54, 1.807) is 37.5 Å². The Morgan fingerprint density at radius 3 is 2.32 bits per heavy atom. The van der Waals surface area contributed by atoms with Crippen molar-refractivity contribution in [3.63, 3.8) is 0 Å². The molecule has 3 aromatic rings. The van der Waals surface area contributed by atoms with Crippen LogP contribution in [0.25, 0.3) is 11.8 Å². The van der Waals surface area contributed by atoms with Crippen molar-refractivity contribution in [1.82, 2.24) is 4.98 Å². The van der Waals surface area contributed by atoms with Crippen LogP contribution < -0.4 is 9.47 Å². The van der Waals surface area contributed by atoms with Crippen molar-refractivity contribution < 1.29 is 19.4 Å². The average molecular weight is 499 g/mol. The molecule has 0 amide bonds. The van der Waals surface area contributed by atoms with E-state index in [4.69, 9.17) is 37.4 Å². The third kappa shape index (κ3) is 6.01. The van der Waals surface area contributed by atoms with Crippen LogP contribution in [-0.2, 0) is 4.74 Å². The number of pyridine rings is 1. The zero-order valence-electron chi connectivity index (χ0n) is 18.6. The number of hydrogen-bond acceptors (Lipinski definition) is 6. The van der Waals surface area contributed by atoms with Crippen molar-refractivity contribution in [2.45, 2.75) is 31.8 Å². The summed E-state index contributed by atoms with van der Waals surface area (Å²) in [6, 6.07) is 17.9. The van der Waals surface area contributed by atoms with Crippen LogP contribution in [0.15, 0.2) is 65.8 Å². The highest BCUT2D eigenvalue weighted by atomic mass is 35.5. The van der Waals surface area contributed by atoms with Crippen LogP contribution in [0, 0.1) is 0 Å². The van der Waals surface area contributed by atoms with Crippen LogP contribution in [0.1, 0.15) is 42.4 Å². The van der Waals surface area contributed by atoms with E-state index in [1.807, 2.05) is 36.4 Å². The van der Waals surface area contributed by atoms with E-state index >= 15 is 0 Å². The molecule has 1 aromatic heterocycles. The van der Waals surface area contributed by atoms with Crippen molar-refractivity contribution in [3.05, 3.63) is 87.7 Å². The van der Waals surface area contributed by atoms with Gasteiger partial charge in [-0.1, -0.05) is 41.4 Å². The molecule has 1 aliphatic rings. The van der Waals surface area contributed by atoms with Gasteiger partial charge in [0.1, 0.15) is 16.1 Å². The summed E-state index contributed by atoms with van der Waals surface area (Å²) in [5.41, 5.74) is 1.96. The second-order valence-electron chi connectivity index (χ2n) is 7.82. The number of nitrogens with zero attached hydrogens (tertiary/aromatic N) is 2. The Morgan fingerprint density at radius 2 is 1.68 bits per heavy atom. The van der Waals surface area contributed by atoms with Gasteiger partial charge in [0.2, 0.25) is 0 Å². The normalized spacial score (nSPS) is 14.8. The van der Waals surface area contributed by atoms with Crippen molar-refractivity contribution in [3.8, 4) is 11.5 Å². The van der Waals surface area contributed by atoms with Gasteiger partial charge in [0.25, 0.3) is 5.90 Å². The standard InChI is InChI=1S/C26H24Cl2N2O4/c1-32-21-12-11-19(16-23(21)33-20-9-5-6-10-20)22(13-17-14-24(27)29-25(28)15-17)34-26(30-31)18-7-3-2-4-8-18/h2-4,7-8,11-16,20,31H,5-6,9-10H2,1H3. The molecular formula is C26H24Cl2N2O4. The van der Waals surface area contributed by atoms with E-state index < -0.39 is 0 Å². The molecule has 0 spiro atoms. The summed E-state index contributed by atoms with van der Waals surface area (Å²) in [4.78, 5) is 3.99.